The van der Waals surface area contributed by atoms with Gasteiger partial charge in [0.15, 0.2) is 5.82 Å². The van der Waals surface area contributed by atoms with Gasteiger partial charge in [0.1, 0.15) is 5.60 Å². The summed E-state index contributed by atoms with van der Waals surface area (Å²) in [4.78, 5) is 27.8. The topological polar surface area (TPSA) is 111 Å². The van der Waals surface area contributed by atoms with Gasteiger partial charge in [-0.15, -0.1) is 0 Å². The number of aromatic nitrogens is 2. The van der Waals surface area contributed by atoms with Crippen LogP contribution in [-0.2, 0) is 9.53 Å². The van der Waals surface area contributed by atoms with Crippen LogP contribution in [0.4, 0.5) is 10.6 Å². The number of H-pyrrole nitrogens is 1. The monoisotopic (exact) mass is 507 g/mol. The quantitative estimate of drug-likeness (QED) is 0.443. The number of ether oxygens (including phenoxy) is 1. The highest BCUT2D eigenvalue weighted by Crippen LogP contribution is 2.35. The lowest BCUT2D eigenvalue weighted by atomic mass is 9.84. The largest absolute Gasteiger partial charge is 0.444 e. The zero-order chi connectivity index (χ0) is 26.3. The Balaban J connectivity index is 1.56. The number of rotatable bonds is 3. The van der Waals surface area contributed by atoms with E-state index in [9.17, 15) is 14.9 Å². The number of carbonyl (C=O) groups is 2. The van der Waals surface area contributed by atoms with Crippen molar-refractivity contribution in [2.75, 3.05) is 11.9 Å². The summed E-state index contributed by atoms with van der Waals surface area (Å²) in [6.45, 7) is 9.71. The van der Waals surface area contributed by atoms with E-state index in [2.05, 4.69) is 21.6 Å². The lowest BCUT2D eigenvalue weighted by Crippen LogP contribution is -2.56. The highest BCUT2D eigenvalue weighted by atomic mass is 35.5. The van der Waals surface area contributed by atoms with Crippen LogP contribution in [0.5, 0.6) is 0 Å². The van der Waals surface area contributed by atoms with Crippen molar-refractivity contribution in [2.24, 2.45) is 5.92 Å². The van der Waals surface area contributed by atoms with Crippen LogP contribution in [0.2, 0.25) is 5.02 Å². The molecule has 1 atom stereocenters. The summed E-state index contributed by atoms with van der Waals surface area (Å²) in [6, 6.07) is 12.8. The summed E-state index contributed by atoms with van der Waals surface area (Å²) < 4.78 is 5.59. The van der Waals surface area contributed by atoms with E-state index in [0.717, 1.165) is 22.0 Å². The minimum atomic E-state index is -0.621. The summed E-state index contributed by atoms with van der Waals surface area (Å²) in [6.07, 6.45) is 0.891. The molecule has 36 heavy (non-hydrogen) atoms. The minimum absolute atomic E-state index is 0.206. The molecule has 4 rings (SSSR count). The number of likely N-dealkylation sites (tertiary alicyclic amines) is 1. The highest BCUT2D eigenvalue weighted by Gasteiger charge is 2.41. The van der Waals surface area contributed by atoms with Gasteiger partial charge >= 0.3 is 6.09 Å². The minimum Gasteiger partial charge on any atom is -0.444 e. The van der Waals surface area contributed by atoms with Gasteiger partial charge < -0.3 is 15.0 Å². The number of nitrogens with zero attached hydrogens (tertiary/aromatic N) is 3. The third-order valence-corrected chi connectivity index (χ3v) is 6.76. The summed E-state index contributed by atoms with van der Waals surface area (Å²) in [5.74, 6) is -0.206. The molecular formula is C27H30ClN5O3. The maximum absolute atomic E-state index is 13.3. The number of halogens is 1. The average molecular weight is 508 g/mol. The first kappa shape index (κ1) is 25.5. The zero-order valence-corrected chi connectivity index (χ0v) is 21.9. The third-order valence-electron chi connectivity index (χ3n) is 6.43. The molecule has 1 saturated heterocycles. The van der Waals surface area contributed by atoms with E-state index in [4.69, 9.17) is 16.3 Å². The van der Waals surface area contributed by atoms with E-state index >= 15 is 0 Å². The molecule has 1 aliphatic rings. The van der Waals surface area contributed by atoms with Crippen LogP contribution in [-0.4, -0.2) is 44.8 Å². The predicted molar refractivity (Wildman–Crippen MR) is 140 cm³/mol. The average Bonchev–Trinajstić information content (AvgIpc) is 3.19. The maximum Gasteiger partial charge on any atom is 0.410 e. The van der Waals surface area contributed by atoms with Crippen molar-refractivity contribution in [3.8, 4) is 17.2 Å². The summed E-state index contributed by atoms with van der Waals surface area (Å²) in [5, 5.41) is 20.7. The molecule has 2 N–H and O–H groups in total. The van der Waals surface area contributed by atoms with Crippen LogP contribution in [0.3, 0.4) is 0 Å². The first-order valence-electron chi connectivity index (χ1n) is 11.9. The fourth-order valence-electron chi connectivity index (χ4n) is 4.39. The number of carbonyl (C=O) groups excluding carboxylic acids is 2. The Kier molecular flexibility index (Phi) is 6.72. The van der Waals surface area contributed by atoms with Crippen LogP contribution in [0.15, 0.2) is 36.4 Å². The molecular weight excluding hydrogens is 478 g/mol. The second kappa shape index (κ2) is 9.47. The van der Waals surface area contributed by atoms with E-state index in [-0.39, 0.29) is 12.5 Å². The van der Waals surface area contributed by atoms with Crippen molar-refractivity contribution in [3.05, 3.63) is 47.0 Å². The number of aromatic amines is 1. The van der Waals surface area contributed by atoms with Gasteiger partial charge in [0, 0.05) is 28.1 Å². The van der Waals surface area contributed by atoms with Crippen LogP contribution in [0.1, 0.15) is 53.0 Å². The number of piperidine rings is 1. The Morgan fingerprint density at radius 2 is 2.00 bits per heavy atom. The molecule has 1 unspecified atom stereocenters. The van der Waals surface area contributed by atoms with Crippen molar-refractivity contribution < 1.29 is 14.3 Å². The third kappa shape index (κ3) is 5.31. The highest BCUT2D eigenvalue weighted by molar-refractivity contribution is 6.33. The molecule has 3 aromatic rings. The molecule has 2 aromatic carbocycles. The van der Waals surface area contributed by atoms with E-state index in [1.165, 1.54) is 0 Å². The van der Waals surface area contributed by atoms with Crippen LogP contribution >= 0.6 is 11.6 Å². The molecule has 0 bridgehead atoms. The number of benzene rings is 2. The standard InChI is InChI=1S/C27H30ClN5O3/c1-26(2,3)36-25(35)33-15-18(10-11-27(33,4)5)24(34)30-23-20-13-17(7-9-22(20)31-32-23)19-12-16(14-29)6-8-21(19)28/h6-9,12-13,18H,10-11,15H2,1-5H3,(H2,30,31,32,34). The number of nitrogens with one attached hydrogen (secondary N) is 2. The molecule has 188 valence electrons. The fourth-order valence-corrected chi connectivity index (χ4v) is 4.61. The van der Waals surface area contributed by atoms with Gasteiger partial charge in [-0.3, -0.25) is 9.89 Å². The maximum atomic E-state index is 13.3. The van der Waals surface area contributed by atoms with Gasteiger partial charge in [0.2, 0.25) is 5.91 Å². The van der Waals surface area contributed by atoms with Crippen LogP contribution < -0.4 is 5.32 Å². The normalized spacial score (nSPS) is 17.5. The van der Waals surface area contributed by atoms with E-state index in [0.29, 0.717) is 29.2 Å². The van der Waals surface area contributed by atoms with Crippen molar-refractivity contribution >= 4 is 40.3 Å². The second-order valence-corrected chi connectivity index (χ2v) is 11.2. The van der Waals surface area contributed by atoms with Crippen LogP contribution in [0.25, 0.3) is 22.0 Å². The molecule has 1 fully saturated rings. The molecule has 1 aromatic heterocycles. The first-order chi connectivity index (χ1) is 16.9. The van der Waals surface area contributed by atoms with Gasteiger partial charge in [-0.2, -0.15) is 10.4 Å². The molecule has 0 aliphatic carbocycles. The van der Waals surface area contributed by atoms with Crippen molar-refractivity contribution in [2.45, 2.75) is 58.6 Å². The number of hydrogen-bond acceptors (Lipinski definition) is 5. The van der Waals surface area contributed by atoms with Crippen molar-refractivity contribution in [3.63, 3.8) is 0 Å². The zero-order valence-electron chi connectivity index (χ0n) is 21.1. The molecule has 1 aliphatic heterocycles. The number of fused-ring (bicyclic) bond motifs is 1. The Morgan fingerprint density at radius 3 is 2.69 bits per heavy atom. The molecule has 9 heteroatoms. The Labute approximate surface area is 215 Å². The Bertz CT molecular complexity index is 1370. The van der Waals surface area contributed by atoms with Crippen molar-refractivity contribution in [1.82, 2.24) is 15.1 Å². The van der Waals surface area contributed by atoms with Gasteiger partial charge in [-0.25, -0.2) is 4.79 Å². The summed E-state index contributed by atoms with van der Waals surface area (Å²) in [5.41, 5.74) is 1.75. The Hall–Kier alpha value is -3.57. The summed E-state index contributed by atoms with van der Waals surface area (Å²) in [7, 11) is 0. The van der Waals surface area contributed by atoms with E-state index in [1.54, 1.807) is 23.1 Å². The van der Waals surface area contributed by atoms with Gasteiger partial charge in [-0.1, -0.05) is 17.7 Å². The molecule has 0 spiro atoms. The second-order valence-electron chi connectivity index (χ2n) is 10.8. The van der Waals surface area contributed by atoms with Gasteiger partial charge in [0.05, 0.1) is 23.1 Å². The summed E-state index contributed by atoms with van der Waals surface area (Å²) >= 11 is 6.40. The lowest BCUT2D eigenvalue weighted by molar-refractivity contribution is -0.122. The molecule has 0 radical (unpaired) electrons. The van der Waals surface area contributed by atoms with Gasteiger partial charge in [0.25, 0.3) is 0 Å². The molecule has 8 nitrogen and oxygen atoms in total. The van der Waals surface area contributed by atoms with Crippen molar-refractivity contribution in [1.29, 1.82) is 5.26 Å². The smallest absolute Gasteiger partial charge is 0.410 e. The van der Waals surface area contributed by atoms with Crippen LogP contribution in [0, 0.1) is 17.2 Å². The molecule has 0 saturated carbocycles. The first-order valence-corrected chi connectivity index (χ1v) is 12.3. The van der Waals surface area contributed by atoms with Gasteiger partial charge in [-0.05, 0) is 83.4 Å². The SMILES string of the molecule is CC(C)(C)OC(=O)N1CC(C(=O)Nc2n[nH]c3ccc(-c4cc(C#N)ccc4Cl)cc23)CCC1(C)C. The number of nitriles is 1. The number of anilines is 1. The van der Waals surface area contributed by atoms with E-state index in [1.807, 2.05) is 52.8 Å². The predicted octanol–water partition coefficient (Wildman–Crippen LogP) is 6.12. The number of amides is 2. The number of hydrogen-bond donors (Lipinski definition) is 2. The van der Waals surface area contributed by atoms with E-state index < -0.39 is 23.2 Å². The molecule has 2 amide bonds. The Morgan fingerprint density at radius 1 is 1.25 bits per heavy atom. The lowest BCUT2D eigenvalue weighted by Gasteiger charge is -2.45. The fraction of sp³-hybridized carbons (Fsp3) is 0.407. The molecule has 2 heterocycles.